The van der Waals surface area contributed by atoms with Gasteiger partial charge in [0.1, 0.15) is 5.75 Å². The standard InChI is InChI=1S/C19H17NO5/c1-11-16(9-17(22)23)14-6-3-7-15(19(24)25)18(14)20(11)10-12-4-2-5-13(21)8-12/h2-8,21H,9-10H2,1H3,(H,22,23)(H,24,25). The van der Waals surface area contributed by atoms with Crippen molar-refractivity contribution < 1.29 is 24.9 Å². The highest BCUT2D eigenvalue weighted by atomic mass is 16.4. The van der Waals surface area contributed by atoms with E-state index in [-0.39, 0.29) is 17.7 Å². The first-order valence-electron chi connectivity index (χ1n) is 7.72. The molecule has 0 atom stereocenters. The maximum atomic E-state index is 11.6. The van der Waals surface area contributed by atoms with Gasteiger partial charge in [0, 0.05) is 17.6 Å². The zero-order valence-electron chi connectivity index (χ0n) is 13.6. The van der Waals surface area contributed by atoms with Crippen molar-refractivity contribution in [2.75, 3.05) is 0 Å². The van der Waals surface area contributed by atoms with Crippen molar-refractivity contribution in [3.8, 4) is 5.75 Å². The van der Waals surface area contributed by atoms with Crippen molar-refractivity contribution in [3.63, 3.8) is 0 Å². The molecule has 0 amide bonds. The number of aromatic hydroxyl groups is 1. The lowest BCUT2D eigenvalue weighted by atomic mass is 10.1. The number of aromatic nitrogens is 1. The SMILES string of the molecule is Cc1c(CC(=O)O)c2cccc(C(=O)O)c2n1Cc1cccc(O)c1. The predicted octanol–water partition coefficient (Wildman–Crippen LogP) is 3.03. The number of hydrogen-bond acceptors (Lipinski definition) is 3. The van der Waals surface area contributed by atoms with Gasteiger partial charge in [-0.2, -0.15) is 0 Å². The topological polar surface area (TPSA) is 99.8 Å². The summed E-state index contributed by atoms with van der Waals surface area (Å²) < 4.78 is 1.80. The first kappa shape index (κ1) is 16.6. The Morgan fingerprint density at radius 1 is 1.08 bits per heavy atom. The Kier molecular flexibility index (Phi) is 4.19. The molecule has 0 fully saturated rings. The molecule has 0 aliphatic heterocycles. The van der Waals surface area contributed by atoms with Crippen molar-refractivity contribution in [2.45, 2.75) is 19.9 Å². The first-order chi connectivity index (χ1) is 11.9. The number of aliphatic carboxylic acids is 1. The molecule has 0 saturated carbocycles. The van der Waals surface area contributed by atoms with Gasteiger partial charge in [0.25, 0.3) is 0 Å². The molecule has 128 valence electrons. The van der Waals surface area contributed by atoms with Crippen LogP contribution < -0.4 is 0 Å². The summed E-state index contributed by atoms with van der Waals surface area (Å²) in [7, 11) is 0. The second kappa shape index (κ2) is 6.32. The van der Waals surface area contributed by atoms with Gasteiger partial charge in [0.2, 0.25) is 0 Å². The summed E-state index contributed by atoms with van der Waals surface area (Å²) in [4.78, 5) is 22.9. The van der Waals surface area contributed by atoms with Gasteiger partial charge >= 0.3 is 11.9 Å². The molecule has 0 spiro atoms. The number of rotatable bonds is 5. The number of aromatic carboxylic acids is 1. The Labute approximate surface area is 143 Å². The van der Waals surface area contributed by atoms with Crippen molar-refractivity contribution in [2.24, 2.45) is 0 Å². The molecule has 0 aliphatic carbocycles. The predicted molar refractivity (Wildman–Crippen MR) is 92.2 cm³/mol. The van der Waals surface area contributed by atoms with Crippen LogP contribution in [-0.2, 0) is 17.8 Å². The van der Waals surface area contributed by atoms with Crippen molar-refractivity contribution >= 4 is 22.8 Å². The van der Waals surface area contributed by atoms with Crippen LogP contribution in [0.5, 0.6) is 5.75 Å². The van der Waals surface area contributed by atoms with Crippen LogP contribution in [0.3, 0.4) is 0 Å². The molecule has 2 aromatic carbocycles. The molecule has 3 N–H and O–H groups in total. The molecule has 25 heavy (non-hydrogen) atoms. The second-order valence-electron chi connectivity index (χ2n) is 5.90. The highest BCUT2D eigenvalue weighted by Gasteiger charge is 2.21. The third kappa shape index (κ3) is 3.06. The lowest BCUT2D eigenvalue weighted by molar-refractivity contribution is -0.136. The van der Waals surface area contributed by atoms with Crippen LogP contribution in [-0.4, -0.2) is 31.8 Å². The maximum Gasteiger partial charge on any atom is 0.337 e. The van der Waals surface area contributed by atoms with Crippen molar-refractivity contribution in [1.82, 2.24) is 4.57 Å². The molecule has 0 saturated heterocycles. The minimum Gasteiger partial charge on any atom is -0.508 e. The van der Waals surface area contributed by atoms with E-state index in [2.05, 4.69) is 0 Å². The summed E-state index contributed by atoms with van der Waals surface area (Å²) in [5.74, 6) is -1.92. The van der Waals surface area contributed by atoms with Crippen LogP contribution >= 0.6 is 0 Å². The summed E-state index contributed by atoms with van der Waals surface area (Å²) in [6, 6.07) is 11.6. The van der Waals surface area contributed by atoms with Gasteiger partial charge in [0.15, 0.2) is 0 Å². The minimum absolute atomic E-state index is 0.121. The molecule has 3 aromatic rings. The van der Waals surface area contributed by atoms with E-state index in [1.807, 2.05) is 6.07 Å². The Bertz CT molecular complexity index is 987. The fourth-order valence-electron chi connectivity index (χ4n) is 3.19. The third-order valence-electron chi connectivity index (χ3n) is 4.28. The largest absolute Gasteiger partial charge is 0.508 e. The molecule has 6 nitrogen and oxygen atoms in total. The third-order valence-corrected chi connectivity index (χ3v) is 4.28. The smallest absolute Gasteiger partial charge is 0.337 e. The van der Waals surface area contributed by atoms with Crippen molar-refractivity contribution in [3.05, 3.63) is 64.8 Å². The molecule has 0 radical (unpaired) electrons. The van der Waals surface area contributed by atoms with Crippen LogP contribution in [0.2, 0.25) is 0 Å². The van der Waals surface area contributed by atoms with Crippen LogP contribution in [0.15, 0.2) is 42.5 Å². The molecule has 0 bridgehead atoms. The lowest BCUT2D eigenvalue weighted by Gasteiger charge is -2.11. The Morgan fingerprint density at radius 2 is 1.80 bits per heavy atom. The van der Waals surface area contributed by atoms with E-state index in [1.165, 1.54) is 6.07 Å². The fourth-order valence-corrected chi connectivity index (χ4v) is 3.19. The highest BCUT2D eigenvalue weighted by Crippen LogP contribution is 2.30. The number of para-hydroxylation sites is 1. The Balaban J connectivity index is 2.26. The average Bonchev–Trinajstić information content (AvgIpc) is 2.80. The van der Waals surface area contributed by atoms with Crippen LogP contribution in [0.1, 0.15) is 27.2 Å². The van der Waals surface area contributed by atoms with Crippen LogP contribution in [0, 0.1) is 6.92 Å². The molecule has 0 unspecified atom stereocenters. The van der Waals surface area contributed by atoms with Gasteiger partial charge in [-0.1, -0.05) is 24.3 Å². The van der Waals surface area contributed by atoms with E-state index < -0.39 is 11.9 Å². The van der Waals surface area contributed by atoms with Gasteiger partial charge in [-0.3, -0.25) is 4.79 Å². The first-order valence-corrected chi connectivity index (χ1v) is 7.72. The van der Waals surface area contributed by atoms with Gasteiger partial charge < -0.3 is 19.9 Å². The van der Waals surface area contributed by atoms with Gasteiger partial charge in [-0.05, 0) is 36.2 Å². The van der Waals surface area contributed by atoms with E-state index in [4.69, 9.17) is 0 Å². The summed E-state index contributed by atoms with van der Waals surface area (Å²) in [6.07, 6.45) is -0.182. The normalized spacial score (nSPS) is 10.9. The number of fused-ring (bicyclic) bond motifs is 1. The molecule has 3 rings (SSSR count). The maximum absolute atomic E-state index is 11.6. The highest BCUT2D eigenvalue weighted by molar-refractivity contribution is 6.04. The number of carboxylic acid groups (broad SMARTS) is 2. The number of carbonyl (C=O) groups is 2. The zero-order valence-corrected chi connectivity index (χ0v) is 13.6. The zero-order chi connectivity index (χ0) is 18.1. The van der Waals surface area contributed by atoms with E-state index in [1.54, 1.807) is 41.8 Å². The van der Waals surface area contributed by atoms with Crippen LogP contribution in [0.4, 0.5) is 0 Å². The van der Waals surface area contributed by atoms with E-state index in [9.17, 15) is 24.9 Å². The monoisotopic (exact) mass is 339 g/mol. The fraction of sp³-hybridized carbons (Fsp3) is 0.158. The van der Waals surface area contributed by atoms with E-state index >= 15 is 0 Å². The lowest BCUT2D eigenvalue weighted by Crippen LogP contribution is -2.07. The molecule has 6 heteroatoms. The minimum atomic E-state index is -1.07. The van der Waals surface area contributed by atoms with Crippen LogP contribution in [0.25, 0.3) is 10.9 Å². The summed E-state index contributed by atoms with van der Waals surface area (Å²) in [6.45, 7) is 2.12. The Hall–Kier alpha value is -3.28. The number of carboxylic acids is 2. The molecule has 0 aliphatic rings. The summed E-state index contributed by atoms with van der Waals surface area (Å²) in [5.41, 5.74) is 2.71. The molecule has 1 aromatic heterocycles. The number of phenols is 1. The average molecular weight is 339 g/mol. The van der Waals surface area contributed by atoms with E-state index in [0.29, 0.717) is 28.7 Å². The van der Waals surface area contributed by atoms with E-state index in [0.717, 1.165) is 5.56 Å². The van der Waals surface area contributed by atoms with Gasteiger partial charge in [-0.25, -0.2) is 4.79 Å². The number of phenolic OH excluding ortho intramolecular Hbond substituents is 1. The second-order valence-corrected chi connectivity index (χ2v) is 5.90. The van der Waals surface area contributed by atoms with Gasteiger partial charge in [-0.15, -0.1) is 0 Å². The quantitative estimate of drug-likeness (QED) is 0.663. The number of nitrogens with zero attached hydrogens (tertiary/aromatic N) is 1. The molecular weight excluding hydrogens is 322 g/mol. The number of hydrogen-bond donors (Lipinski definition) is 3. The van der Waals surface area contributed by atoms with Crippen molar-refractivity contribution in [1.29, 1.82) is 0 Å². The van der Waals surface area contributed by atoms with Gasteiger partial charge in [0.05, 0.1) is 17.5 Å². The number of benzene rings is 2. The summed E-state index contributed by atoms with van der Waals surface area (Å²) >= 11 is 0. The summed E-state index contributed by atoms with van der Waals surface area (Å²) in [5, 5.41) is 29.0. The molecule has 1 heterocycles. The Morgan fingerprint density at radius 3 is 2.44 bits per heavy atom. The molecular formula is C19H17NO5.